The predicted molar refractivity (Wildman–Crippen MR) is 51.9 cm³/mol. The van der Waals surface area contributed by atoms with Crippen LogP contribution in [0.2, 0.25) is 0 Å². The molecule has 1 amide bonds. The van der Waals surface area contributed by atoms with Gasteiger partial charge in [0.25, 0.3) is 5.91 Å². The van der Waals surface area contributed by atoms with Crippen LogP contribution in [0.15, 0.2) is 6.33 Å². The molecule has 68 valence electrons. The first-order chi connectivity index (χ1) is 6.24. The molecule has 0 aliphatic heterocycles. The fraction of sp³-hybridized carbons (Fsp3) is 0.250. The Morgan fingerprint density at radius 3 is 3.15 bits per heavy atom. The molecule has 0 bridgehead atoms. The number of aryl methyl sites for hydroxylation is 1. The van der Waals surface area contributed by atoms with Crippen molar-refractivity contribution in [1.82, 2.24) is 15.3 Å². The maximum atomic E-state index is 10.9. The lowest BCUT2D eigenvalue weighted by Gasteiger charge is -1.97. The van der Waals surface area contributed by atoms with Crippen molar-refractivity contribution in [3.63, 3.8) is 0 Å². The molecule has 0 atom stereocenters. The van der Waals surface area contributed by atoms with Crippen molar-refractivity contribution < 1.29 is 4.79 Å². The Morgan fingerprint density at radius 2 is 2.62 bits per heavy atom. The van der Waals surface area contributed by atoms with Gasteiger partial charge < -0.3 is 10.3 Å². The van der Waals surface area contributed by atoms with E-state index in [1.165, 1.54) is 0 Å². The van der Waals surface area contributed by atoms with Crippen molar-refractivity contribution in [3.8, 4) is 10.8 Å². The van der Waals surface area contributed by atoms with E-state index < -0.39 is 0 Å². The van der Waals surface area contributed by atoms with Crippen LogP contribution in [0.4, 0.5) is 0 Å². The molecular formula is C8H8BrN3O. The van der Waals surface area contributed by atoms with E-state index in [4.69, 9.17) is 0 Å². The lowest BCUT2D eigenvalue weighted by Crippen LogP contribution is -2.21. The van der Waals surface area contributed by atoms with E-state index in [1.807, 2.05) is 6.92 Å². The van der Waals surface area contributed by atoms with Crippen molar-refractivity contribution in [2.24, 2.45) is 0 Å². The SMILES string of the molecule is Cc1[nH]cnc1CNC(=O)C#CBr. The van der Waals surface area contributed by atoms with Gasteiger partial charge in [-0.1, -0.05) is 0 Å². The van der Waals surface area contributed by atoms with Crippen LogP contribution in [0.5, 0.6) is 0 Å². The van der Waals surface area contributed by atoms with Crippen LogP contribution in [0.3, 0.4) is 0 Å². The average molecular weight is 242 g/mol. The van der Waals surface area contributed by atoms with Crippen molar-refractivity contribution in [1.29, 1.82) is 0 Å². The van der Waals surface area contributed by atoms with Gasteiger partial charge in [0.1, 0.15) is 0 Å². The normalized spacial score (nSPS) is 8.77. The molecule has 0 aromatic carbocycles. The molecule has 5 heteroatoms. The smallest absolute Gasteiger partial charge is 0.297 e. The van der Waals surface area contributed by atoms with Gasteiger partial charge in [0, 0.05) is 27.5 Å². The van der Waals surface area contributed by atoms with Gasteiger partial charge in [-0.2, -0.15) is 0 Å². The van der Waals surface area contributed by atoms with Crippen LogP contribution in [-0.2, 0) is 11.3 Å². The largest absolute Gasteiger partial charge is 0.348 e. The number of aromatic nitrogens is 2. The number of hydrogen-bond donors (Lipinski definition) is 2. The molecule has 0 unspecified atom stereocenters. The Kier molecular flexibility index (Phi) is 3.53. The fourth-order valence-electron chi connectivity index (χ4n) is 0.816. The van der Waals surface area contributed by atoms with E-state index in [2.05, 4.69) is 42.0 Å². The Hall–Kier alpha value is -1.28. The quantitative estimate of drug-likeness (QED) is 0.749. The van der Waals surface area contributed by atoms with Gasteiger partial charge in [-0.3, -0.25) is 4.79 Å². The number of nitrogens with one attached hydrogen (secondary N) is 2. The third-order valence-corrected chi connectivity index (χ3v) is 1.71. The molecule has 1 rings (SSSR count). The van der Waals surface area contributed by atoms with E-state index in [0.29, 0.717) is 6.54 Å². The summed E-state index contributed by atoms with van der Waals surface area (Å²) in [4.78, 5) is 20.2. The zero-order valence-electron chi connectivity index (χ0n) is 7.02. The monoisotopic (exact) mass is 241 g/mol. The summed E-state index contributed by atoms with van der Waals surface area (Å²) in [6, 6.07) is 0. The standard InChI is InChI=1S/C8H8BrN3O/c1-6-7(12-5-11-6)4-10-8(13)2-3-9/h5H,4H2,1H3,(H,10,13)(H,11,12). The summed E-state index contributed by atoms with van der Waals surface area (Å²) < 4.78 is 0. The van der Waals surface area contributed by atoms with E-state index in [0.717, 1.165) is 11.4 Å². The average Bonchev–Trinajstić information content (AvgIpc) is 2.48. The summed E-state index contributed by atoms with van der Waals surface area (Å²) in [6.45, 7) is 2.29. The van der Waals surface area contributed by atoms with Crippen molar-refractivity contribution in [2.75, 3.05) is 0 Å². The van der Waals surface area contributed by atoms with Crippen molar-refractivity contribution in [3.05, 3.63) is 17.7 Å². The molecule has 0 fully saturated rings. The Balaban J connectivity index is 2.47. The van der Waals surface area contributed by atoms with Crippen LogP contribution in [-0.4, -0.2) is 15.9 Å². The molecule has 1 heterocycles. The highest BCUT2D eigenvalue weighted by Gasteiger charge is 2.01. The number of hydrogen-bond acceptors (Lipinski definition) is 2. The third kappa shape index (κ3) is 2.92. The number of amides is 1. The maximum Gasteiger partial charge on any atom is 0.297 e. The highest BCUT2D eigenvalue weighted by Crippen LogP contribution is 1.98. The molecule has 0 aliphatic rings. The lowest BCUT2D eigenvalue weighted by atomic mass is 10.3. The Labute approximate surface area is 84.3 Å². The number of carbonyl (C=O) groups excluding carboxylic acids is 1. The molecule has 1 aromatic heterocycles. The van der Waals surface area contributed by atoms with Crippen LogP contribution in [0, 0.1) is 17.7 Å². The van der Waals surface area contributed by atoms with Crippen LogP contribution < -0.4 is 5.32 Å². The van der Waals surface area contributed by atoms with E-state index >= 15 is 0 Å². The molecule has 0 saturated carbocycles. The van der Waals surface area contributed by atoms with E-state index in [-0.39, 0.29) is 5.91 Å². The Morgan fingerprint density at radius 1 is 1.85 bits per heavy atom. The minimum atomic E-state index is -0.320. The number of halogens is 1. The van der Waals surface area contributed by atoms with Gasteiger partial charge in [0.2, 0.25) is 0 Å². The van der Waals surface area contributed by atoms with Gasteiger partial charge in [-0.05, 0) is 11.8 Å². The van der Waals surface area contributed by atoms with Gasteiger partial charge in [-0.25, -0.2) is 4.98 Å². The summed E-state index contributed by atoms with van der Waals surface area (Å²) in [5, 5.41) is 2.60. The minimum absolute atomic E-state index is 0.320. The van der Waals surface area contributed by atoms with Gasteiger partial charge in [-0.15, -0.1) is 0 Å². The minimum Gasteiger partial charge on any atom is -0.348 e. The molecule has 2 N–H and O–H groups in total. The molecule has 0 radical (unpaired) electrons. The molecule has 13 heavy (non-hydrogen) atoms. The maximum absolute atomic E-state index is 10.9. The number of nitrogens with zero attached hydrogens (tertiary/aromatic N) is 1. The second-order valence-corrected chi connectivity index (χ2v) is 2.77. The first-order valence-electron chi connectivity index (χ1n) is 3.62. The van der Waals surface area contributed by atoms with Gasteiger partial charge >= 0.3 is 0 Å². The second kappa shape index (κ2) is 4.67. The first-order valence-corrected chi connectivity index (χ1v) is 4.41. The summed E-state index contributed by atoms with van der Waals surface area (Å²) in [6.07, 6.45) is 1.59. The zero-order chi connectivity index (χ0) is 9.68. The van der Waals surface area contributed by atoms with Crippen LogP contribution >= 0.6 is 15.9 Å². The van der Waals surface area contributed by atoms with E-state index in [1.54, 1.807) is 6.33 Å². The lowest BCUT2D eigenvalue weighted by molar-refractivity contribution is -0.115. The Bertz CT molecular complexity index is 361. The molecule has 4 nitrogen and oxygen atoms in total. The summed E-state index contributed by atoms with van der Waals surface area (Å²) in [5.74, 6) is 1.99. The molecule has 0 spiro atoms. The van der Waals surface area contributed by atoms with E-state index in [9.17, 15) is 4.79 Å². The number of imidazole rings is 1. The topological polar surface area (TPSA) is 57.8 Å². The van der Waals surface area contributed by atoms with Gasteiger partial charge in [0.05, 0.1) is 18.6 Å². The van der Waals surface area contributed by atoms with Crippen LogP contribution in [0.1, 0.15) is 11.4 Å². The number of H-pyrrole nitrogens is 1. The zero-order valence-corrected chi connectivity index (χ0v) is 8.60. The third-order valence-electron chi connectivity index (χ3n) is 1.51. The number of aromatic amines is 1. The van der Waals surface area contributed by atoms with Gasteiger partial charge in [0.15, 0.2) is 0 Å². The molecule has 0 saturated heterocycles. The van der Waals surface area contributed by atoms with Crippen molar-refractivity contribution >= 4 is 21.8 Å². The summed E-state index contributed by atoms with van der Waals surface area (Å²) >= 11 is 2.84. The predicted octanol–water partition coefficient (Wildman–Crippen LogP) is 0.690. The highest BCUT2D eigenvalue weighted by molar-refractivity contribution is 9.12. The molecule has 0 aliphatic carbocycles. The van der Waals surface area contributed by atoms with Crippen molar-refractivity contribution in [2.45, 2.75) is 13.5 Å². The summed E-state index contributed by atoms with van der Waals surface area (Å²) in [5.41, 5.74) is 1.77. The number of rotatable bonds is 2. The second-order valence-electron chi connectivity index (χ2n) is 2.38. The molecule has 1 aromatic rings. The first kappa shape index (κ1) is 9.81. The van der Waals surface area contributed by atoms with Crippen LogP contribution in [0.25, 0.3) is 0 Å². The highest BCUT2D eigenvalue weighted by atomic mass is 79.9. The molecular weight excluding hydrogens is 234 g/mol. The fourth-order valence-corrected chi connectivity index (χ4v) is 0.997. The summed E-state index contributed by atoms with van der Waals surface area (Å²) in [7, 11) is 0. The number of carbonyl (C=O) groups is 1.